The van der Waals surface area contributed by atoms with Crippen LogP contribution in [0.1, 0.15) is 45.5 Å². The van der Waals surface area contributed by atoms with E-state index in [2.05, 4.69) is 31.2 Å². The maximum absolute atomic E-state index is 13.8. The molecule has 31 heavy (non-hydrogen) atoms. The van der Waals surface area contributed by atoms with Crippen LogP contribution in [-0.2, 0) is 15.0 Å². The topological polar surface area (TPSA) is 74.7 Å². The second-order valence-electron chi connectivity index (χ2n) is 8.72. The first-order valence-electron chi connectivity index (χ1n) is 10.3. The Morgan fingerprint density at radius 1 is 0.839 bits per heavy atom. The smallest absolute Gasteiger partial charge is 0.335 e. The van der Waals surface area contributed by atoms with E-state index in [1.807, 2.05) is 24.3 Å². The molecule has 7 rings (SSSR count). The van der Waals surface area contributed by atoms with Gasteiger partial charge < -0.3 is 5.11 Å². The number of carboxylic acids is 1. The van der Waals surface area contributed by atoms with Crippen molar-refractivity contribution in [3.8, 4) is 0 Å². The van der Waals surface area contributed by atoms with Crippen molar-refractivity contribution in [2.24, 2.45) is 11.8 Å². The largest absolute Gasteiger partial charge is 0.478 e. The Balaban J connectivity index is 1.55. The highest BCUT2D eigenvalue weighted by molar-refractivity contribution is 6.23. The maximum atomic E-state index is 13.8. The summed E-state index contributed by atoms with van der Waals surface area (Å²) in [4.78, 5) is 40.0. The zero-order valence-electron chi connectivity index (χ0n) is 16.8. The monoisotopic (exact) mass is 409 g/mol. The number of amides is 2. The molecule has 1 heterocycles. The molecule has 2 bridgehead atoms. The number of benzene rings is 3. The predicted molar refractivity (Wildman–Crippen MR) is 114 cm³/mol. The molecule has 2 atom stereocenters. The highest BCUT2D eigenvalue weighted by atomic mass is 16.4. The lowest BCUT2D eigenvalue weighted by molar-refractivity contribution is -0.123. The maximum Gasteiger partial charge on any atom is 0.335 e. The van der Waals surface area contributed by atoms with Crippen LogP contribution in [0.4, 0.5) is 5.69 Å². The number of nitrogens with zero attached hydrogens (tertiary/aromatic N) is 1. The van der Waals surface area contributed by atoms with Crippen LogP contribution in [-0.4, -0.2) is 22.9 Å². The second-order valence-corrected chi connectivity index (χ2v) is 8.72. The SMILES string of the molecule is CC12c3ccccc3C(c3ccccc31)[C@@H]1C(=O)N(c3ccc(C(=O)O)cc3)C(=O)C12. The van der Waals surface area contributed by atoms with Gasteiger partial charge in [-0.15, -0.1) is 0 Å². The van der Waals surface area contributed by atoms with Gasteiger partial charge in [-0.1, -0.05) is 55.5 Å². The Morgan fingerprint density at radius 3 is 1.94 bits per heavy atom. The zero-order chi connectivity index (χ0) is 21.5. The van der Waals surface area contributed by atoms with E-state index in [0.717, 1.165) is 22.3 Å². The Morgan fingerprint density at radius 2 is 1.39 bits per heavy atom. The minimum absolute atomic E-state index is 0.118. The highest BCUT2D eigenvalue weighted by Gasteiger charge is 2.66. The van der Waals surface area contributed by atoms with E-state index in [1.165, 1.54) is 17.0 Å². The fourth-order valence-corrected chi connectivity index (χ4v) is 6.16. The molecule has 3 aliphatic carbocycles. The van der Waals surface area contributed by atoms with Gasteiger partial charge in [-0.2, -0.15) is 0 Å². The van der Waals surface area contributed by atoms with Gasteiger partial charge >= 0.3 is 5.97 Å². The molecule has 4 aliphatic rings. The number of rotatable bonds is 2. The van der Waals surface area contributed by atoms with Crippen LogP contribution in [0.2, 0.25) is 0 Å². The molecule has 3 aromatic carbocycles. The number of imide groups is 1. The summed E-state index contributed by atoms with van der Waals surface area (Å²) in [5, 5.41) is 9.18. The molecule has 0 saturated carbocycles. The average Bonchev–Trinajstić information content (AvgIpc) is 3.06. The van der Waals surface area contributed by atoms with Gasteiger partial charge in [0.1, 0.15) is 0 Å². The lowest BCUT2D eigenvalue weighted by atomic mass is 9.48. The van der Waals surface area contributed by atoms with Crippen LogP contribution in [0.3, 0.4) is 0 Å². The fourth-order valence-electron chi connectivity index (χ4n) is 6.16. The first-order valence-corrected chi connectivity index (χ1v) is 10.3. The highest BCUT2D eigenvalue weighted by Crippen LogP contribution is 2.64. The van der Waals surface area contributed by atoms with E-state index >= 15 is 0 Å². The third kappa shape index (κ3) is 2.08. The van der Waals surface area contributed by atoms with Crippen molar-refractivity contribution in [3.05, 3.63) is 101 Å². The van der Waals surface area contributed by atoms with Gasteiger partial charge in [0.15, 0.2) is 0 Å². The molecule has 1 fully saturated rings. The molecule has 5 nitrogen and oxygen atoms in total. The number of carbonyl (C=O) groups is 3. The van der Waals surface area contributed by atoms with Gasteiger partial charge in [-0.3, -0.25) is 9.59 Å². The first kappa shape index (κ1) is 18.1. The lowest BCUT2D eigenvalue weighted by Gasteiger charge is -2.52. The van der Waals surface area contributed by atoms with Crippen LogP contribution in [0.25, 0.3) is 0 Å². The summed E-state index contributed by atoms with van der Waals surface area (Å²) in [6.45, 7) is 2.08. The van der Waals surface area contributed by atoms with E-state index < -0.39 is 23.2 Å². The third-order valence-electron chi connectivity index (χ3n) is 7.42. The molecular formula is C26H19NO4. The van der Waals surface area contributed by atoms with E-state index in [-0.39, 0.29) is 23.3 Å². The average molecular weight is 409 g/mol. The molecule has 152 valence electrons. The standard InChI is InChI=1S/C26H19NO4/c1-26-18-8-4-2-6-16(18)20(17-7-3-5-9-19(17)26)21-22(26)24(29)27(23(21)28)15-12-10-14(11-13-15)25(30)31/h2-13,20-22H,1H3,(H,30,31)/t20?,21-,22?,26?/m0/s1. The van der Waals surface area contributed by atoms with Crippen molar-refractivity contribution in [3.63, 3.8) is 0 Å². The second kappa shape index (κ2) is 5.91. The molecular weight excluding hydrogens is 390 g/mol. The van der Waals surface area contributed by atoms with Gasteiger partial charge in [-0.25, -0.2) is 9.69 Å². The number of carbonyl (C=O) groups excluding carboxylic acids is 2. The molecule has 0 spiro atoms. The van der Waals surface area contributed by atoms with E-state index in [4.69, 9.17) is 0 Å². The van der Waals surface area contributed by atoms with Crippen LogP contribution in [0.5, 0.6) is 0 Å². The summed E-state index contributed by atoms with van der Waals surface area (Å²) >= 11 is 0. The quantitative estimate of drug-likeness (QED) is 0.651. The normalized spacial score (nSPS) is 27.6. The van der Waals surface area contributed by atoms with E-state index in [1.54, 1.807) is 12.1 Å². The molecule has 1 unspecified atom stereocenters. The van der Waals surface area contributed by atoms with E-state index in [0.29, 0.717) is 5.69 Å². The van der Waals surface area contributed by atoms with E-state index in [9.17, 15) is 19.5 Å². The van der Waals surface area contributed by atoms with Gasteiger partial charge in [0.25, 0.3) is 0 Å². The summed E-state index contributed by atoms with van der Waals surface area (Å²) in [6.07, 6.45) is 0. The lowest BCUT2D eigenvalue weighted by Crippen LogP contribution is -2.51. The summed E-state index contributed by atoms with van der Waals surface area (Å²) in [5.74, 6) is -2.60. The minimum atomic E-state index is -1.05. The summed E-state index contributed by atoms with van der Waals surface area (Å²) in [7, 11) is 0. The number of aromatic carboxylic acids is 1. The van der Waals surface area contributed by atoms with Crippen LogP contribution in [0.15, 0.2) is 72.8 Å². The number of hydrogen-bond donors (Lipinski definition) is 1. The molecule has 3 aromatic rings. The Bertz CT molecular complexity index is 1250. The van der Waals surface area contributed by atoms with Crippen LogP contribution < -0.4 is 4.90 Å². The van der Waals surface area contributed by atoms with Crippen LogP contribution >= 0.6 is 0 Å². The molecule has 1 N–H and O–H groups in total. The Labute approximate surface area is 178 Å². The van der Waals surface area contributed by atoms with Gasteiger partial charge in [0.2, 0.25) is 11.8 Å². The molecule has 5 heteroatoms. The summed E-state index contributed by atoms with van der Waals surface area (Å²) in [6, 6.07) is 22.2. The van der Waals surface area contributed by atoms with Crippen molar-refractivity contribution in [1.29, 1.82) is 0 Å². The van der Waals surface area contributed by atoms with Crippen molar-refractivity contribution >= 4 is 23.5 Å². The van der Waals surface area contributed by atoms with Crippen molar-refractivity contribution in [1.82, 2.24) is 0 Å². The molecule has 1 saturated heterocycles. The summed E-state index contributed by atoms with van der Waals surface area (Å²) in [5.41, 5.74) is 4.41. The number of hydrogen-bond acceptors (Lipinski definition) is 3. The van der Waals surface area contributed by atoms with Gasteiger partial charge in [0, 0.05) is 11.3 Å². The number of anilines is 1. The minimum Gasteiger partial charge on any atom is -0.478 e. The molecule has 0 radical (unpaired) electrons. The summed E-state index contributed by atoms with van der Waals surface area (Å²) < 4.78 is 0. The zero-order valence-corrected chi connectivity index (χ0v) is 16.8. The number of carboxylic acid groups (broad SMARTS) is 1. The predicted octanol–water partition coefficient (Wildman–Crippen LogP) is 3.96. The Hall–Kier alpha value is -3.73. The van der Waals surface area contributed by atoms with Crippen molar-refractivity contribution in [2.75, 3.05) is 4.90 Å². The van der Waals surface area contributed by atoms with Crippen molar-refractivity contribution in [2.45, 2.75) is 18.3 Å². The van der Waals surface area contributed by atoms with Crippen LogP contribution in [0, 0.1) is 11.8 Å². The first-order chi connectivity index (χ1) is 14.9. The fraction of sp³-hybridized carbons (Fsp3) is 0.192. The van der Waals surface area contributed by atoms with Gasteiger partial charge in [0.05, 0.1) is 23.1 Å². The third-order valence-corrected chi connectivity index (χ3v) is 7.42. The molecule has 1 aliphatic heterocycles. The van der Waals surface area contributed by atoms with Gasteiger partial charge in [-0.05, 0) is 46.5 Å². The molecule has 0 aromatic heterocycles. The molecule has 2 amide bonds. The van der Waals surface area contributed by atoms with Crippen molar-refractivity contribution < 1.29 is 19.5 Å². The Kier molecular flexibility index (Phi) is 3.45.